The molecular weight excluding hydrogens is 358 g/mol. The Balaban J connectivity index is 1.85. The first-order valence-electron chi connectivity index (χ1n) is 7.56. The van der Waals surface area contributed by atoms with Gasteiger partial charge in [0.05, 0.1) is 12.0 Å². The van der Waals surface area contributed by atoms with E-state index in [1.54, 1.807) is 24.3 Å². The number of carbonyl (C=O) groups excluding carboxylic acids is 3. The van der Waals surface area contributed by atoms with Gasteiger partial charge in [-0.05, 0) is 30.3 Å². The van der Waals surface area contributed by atoms with E-state index in [1.165, 1.54) is 25.3 Å². The Hall–Kier alpha value is -3.95. The van der Waals surface area contributed by atoms with E-state index in [9.17, 15) is 24.5 Å². The van der Waals surface area contributed by atoms with Crippen molar-refractivity contribution in [1.29, 1.82) is 0 Å². The van der Waals surface area contributed by atoms with Gasteiger partial charge in [0.25, 0.3) is 11.6 Å². The third-order valence-corrected chi connectivity index (χ3v) is 3.26. The Bertz CT molecular complexity index is 865. The fourth-order valence-electron chi connectivity index (χ4n) is 2.01. The second kappa shape index (κ2) is 8.94. The Kier molecular flexibility index (Phi) is 6.42. The summed E-state index contributed by atoms with van der Waals surface area (Å²) in [6.45, 7) is -0.777. The lowest BCUT2D eigenvalue weighted by Crippen LogP contribution is -2.37. The molecule has 0 fully saturated rings. The fourth-order valence-corrected chi connectivity index (χ4v) is 2.01. The number of methoxy groups -OCH3 is 1. The minimum Gasteiger partial charge on any atom is -0.497 e. The number of rotatable bonds is 6. The maximum atomic E-state index is 11.9. The van der Waals surface area contributed by atoms with Crippen LogP contribution in [0, 0.1) is 10.1 Å². The molecule has 140 valence electrons. The lowest BCUT2D eigenvalue weighted by molar-refractivity contribution is -0.385. The van der Waals surface area contributed by atoms with Crippen LogP contribution < -0.4 is 15.4 Å². The van der Waals surface area contributed by atoms with E-state index in [4.69, 9.17) is 9.47 Å². The molecule has 0 aliphatic carbocycles. The zero-order valence-electron chi connectivity index (χ0n) is 14.1. The molecule has 0 radical (unpaired) electrons. The molecule has 2 N–H and O–H groups in total. The molecule has 0 atom stereocenters. The average Bonchev–Trinajstić information content (AvgIpc) is 2.66. The highest BCUT2D eigenvalue weighted by molar-refractivity contribution is 6.02. The number of nitrogens with one attached hydrogen (secondary N) is 2. The molecule has 0 saturated carbocycles. The molecular formula is C17H15N3O7. The number of anilines is 1. The molecule has 10 heteroatoms. The highest BCUT2D eigenvalue weighted by atomic mass is 16.6. The van der Waals surface area contributed by atoms with Gasteiger partial charge in [0.2, 0.25) is 0 Å². The number of urea groups is 1. The Labute approximate surface area is 153 Å². The van der Waals surface area contributed by atoms with Crippen molar-refractivity contribution in [2.24, 2.45) is 0 Å². The van der Waals surface area contributed by atoms with E-state index in [0.717, 1.165) is 6.07 Å². The van der Waals surface area contributed by atoms with Gasteiger partial charge in [-0.2, -0.15) is 0 Å². The topological polar surface area (TPSA) is 137 Å². The first-order valence-corrected chi connectivity index (χ1v) is 7.56. The molecule has 2 aromatic rings. The summed E-state index contributed by atoms with van der Waals surface area (Å²) in [5.41, 5.74) is -0.323. The molecule has 0 saturated heterocycles. The van der Waals surface area contributed by atoms with E-state index in [1.807, 2.05) is 5.32 Å². The summed E-state index contributed by atoms with van der Waals surface area (Å²) in [6.07, 6.45) is 0. The van der Waals surface area contributed by atoms with Crippen LogP contribution in [0.4, 0.5) is 16.2 Å². The molecule has 2 rings (SSSR count). The quantitative estimate of drug-likeness (QED) is 0.449. The number of amides is 3. The largest absolute Gasteiger partial charge is 0.497 e. The van der Waals surface area contributed by atoms with Gasteiger partial charge in [0.15, 0.2) is 6.61 Å². The third-order valence-electron chi connectivity index (χ3n) is 3.26. The summed E-state index contributed by atoms with van der Waals surface area (Å²) in [4.78, 5) is 45.5. The third kappa shape index (κ3) is 5.53. The fraction of sp³-hybridized carbons (Fsp3) is 0.118. The van der Waals surface area contributed by atoms with Crippen LogP contribution >= 0.6 is 0 Å². The molecule has 0 aliphatic rings. The summed E-state index contributed by atoms with van der Waals surface area (Å²) in [7, 11) is 1.50. The molecule has 27 heavy (non-hydrogen) atoms. The second-order valence-electron chi connectivity index (χ2n) is 5.08. The number of benzene rings is 2. The summed E-state index contributed by atoms with van der Waals surface area (Å²) in [5.74, 6) is -1.35. The second-order valence-corrected chi connectivity index (χ2v) is 5.08. The predicted octanol–water partition coefficient (Wildman–Crippen LogP) is 2.11. The van der Waals surface area contributed by atoms with Crippen LogP contribution in [0.3, 0.4) is 0 Å². The van der Waals surface area contributed by atoms with Crippen LogP contribution in [-0.2, 0) is 9.53 Å². The summed E-state index contributed by atoms with van der Waals surface area (Å²) in [6, 6.07) is 10.7. The van der Waals surface area contributed by atoms with E-state index in [2.05, 4.69) is 5.32 Å². The van der Waals surface area contributed by atoms with Crippen LogP contribution in [-0.4, -0.2) is 36.5 Å². The number of hydrogen-bond donors (Lipinski definition) is 2. The Morgan fingerprint density at radius 1 is 1.07 bits per heavy atom. The van der Waals surface area contributed by atoms with Gasteiger partial charge < -0.3 is 14.8 Å². The number of carbonyl (C=O) groups is 3. The van der Waals surface area contributed by atoms with Crippen molar-refractivity contribution in [2.45, 2.75) is 0 Å². The van der Waals surface area contributed by atoms with Gasteiger partial charge in [-0.25, -0.2) is 9.59 Å². The minimum absolute atomic E-state index is 0.294. The Morgan fingerprint density at radius 3 is 2.37 bits per heavy atom. The molecule has 0 spiro atoms. The molecule has 0 unspecified atom stereocenters. The Morgan fingerprint density at radius 2 is 1.74 bits per heavy atom. The minimum atomic E-state index is -1.05. The summed E-state index contributed by atoms with van der Waals surface area (Å²) >= 11 is 0. The molecule has 0 aromatic heterocycles. The van der Waals surface area contributed by atoms with Crippen LogP contribution in [0.15, 0.2) is 48.5 Å². The molecule has 0 aliphatic heterocycles. The number of esters is 1. The molecule has 2 aromatic carbocycles. The van der Waals surface area contributed by atoms with Crippen molar-refractivity contribution in [3.63, 3.8) is 0 Å². The van der Waals surface area contributed by atoms with Crippen molar-refractivity contribution in [3.05, 3.63) is 64.2 Å². The maximum Gasteiger partial charge on any atom is 0.345 e. The highest BCUT2D eigenvalue weighted by Gasteiger charge is 2.21. The number of hydrogen-bond acceptors (Lipinski definition) is 7. The van der Waals surface area contributed by atoms with Crippen molar-refractivity contribution < 1.29 is 28.8 Å². The van der Waals surface area contributed by atoms with Crippen LogP contribution in [0.1, 0.15) is 10.4 Å². The molecule has 0 heterocycles. The first kappa shape index (κ1) is 19.4. The average molecular weight is 373 g/mol. The zero-order chi connectivity index (χ0) is 19.8. The van der Waals surface area contributed by atoms with Gasteiger partial charge in [-0.15, -0.1) is 0 Å². The SMILES string of the molecule is COc1ccc(NC(=O)NC(=O)COC(=O)c2ccccc2[N+](=O)[O-])cc1. The molecule has 10 nitrogen and oxygen atoms in total. The van der Waals surface area contributed by atoms with Gasteiger partial charge in [-0.1, -0.05) is 12.1 Å². The number of nitrogens with zero attached hydrogens (tertiary/aromatic N) is 1. The highest BCUT2D eigenvalue weighted by Crippen LogP contribution is 2.18. The van der Waals surface area contributed by atoms with Gasteiger partial charge in [0, 0.05) is 11.8 Å². The summed E-state index contributed by atoms with van der Waals surface area (Å²) in [5, 5.41) is 15.3. The lowest BCUT2D eigenvalue weighted by atomic mass is 10.2. The van der Waals surface area contributed by atoms with E-state index < -0.39 is 35.1 Å². The summed E-state index contributed by atoms with van der Waals surface area (Å²) < 4.78 is 9.69. The lowest BCUT2D eigenvalue weighted by Gasteiger charge is -2.08. The van der Waals surface area contributed by atoms with E-state index in [-0.39, 0.29) is 5.56 Å². The number of nitro groups is 1. The number of para-hydroxylation sites is 1. The van der Waals surface area contributed by atoms with Gasteiger partial charge in [0.1, 0.15) is 11.3 Å². The number of ether oxygens (including phenoxy) is 2. The smallest absolute Gasteiger partial charge is 0.345 e. The predicted molar refractivity (Wildman–Crippen MR) is 93.5 cm³/mol. The van der Waals surface area contributed by atoms with Crippen molar-refractivity contribution in [3.8, 4) is 5.75 Å². The number of imide groups is 1. The van der Waals surface area contributed by atoms with Crippen LogP contribution in [0.5, 0.6) is 5.75 Å². The van der Waals surface area contributed by atoms with E-state index in [0.29, 0.717) is 11.4 Å². The van der Waals surface area contributed by atoms with Gasteiger partial charge >= 0.3 is 12.0 Å². The first-order chi connectivity index (χ1) is 12.9. The normalized spacial score (nSPS) is 9.81. The number of nitro benzene ring substituents is 1. The van der Waals surface area contributed by atoms with Crippen molar-refractivity contribution in [2.75, 3.05) is 19.0 Å². The molecule has 3 amide bonds. The standard InChI is InChI=1S/C17H15N3O7/c1-26-12-8-6-11(7-9-12)18-17(23)19-15(21)10-27-16(22)13-4-2-3-5-14(13)20(24)25/h2-9H,10H2,1H3,(H2,18,19,21,23). The maximum absolute atomic E-state index is 11.9. The monoisotopic (exact) mass is 373 g/mol. The van der Waals surface area contributed by atoms with Gasteiger partial charge in [-0.3, -0.25) is 20.2 Å². The molecule has 0 bridgehead atoms. The van der Waals surface area contributed by atoms with Crippen LogP contribution in [0.2, 0.25) is 0 Å². The van der Waals surface area contributed by atoms with Crippen molar-refractivity contribution in [1.82, 2.24) is 5.32 Å². The van der Waals surface area contributed by atoms with Crippen LogP contribution in [0.25, 0.3) is 0 Å². The van der Waals surface area contributed by atoms with Crippen molar-refractivity contribution >= 4 is 29.3 Å². The zero-order valence-corrected chi connectivity index (χ0v) is 14.1. The van der Waals surface area contributed by atoms with E-state index >= 15 is 0 Å².